The van der Waals surface area contributed by atoms with E-state index in [-0.39, 0.29) is 17.6 Å². The molecule has 1 heterocycles. The zero-order valence-corrected chi connectivity index (χ0v) is 14.5. The third-order valence-electron chi connectivity index (χ3n) is 2.98. The standard InChI is InChI=1S/C16H16ClNO5S/c1-2-22-14(19)4-3-7-23-12-6-5-10(8-11(12)17)9-13-15(20)18-16(21)24-13/h5-6,8-9H,2-4,7H2,1H3,(H,18,20,21). The summed E-state index contributed by atoms with van der Waals surface area (Å²) in [4.78, 5) is 34.2. The highest BCUT2D eigenvalue weighted by Crippen LogP contribution is 2.30. The highest BCUT2D eigenvalue weighted by atomic mass is 35.5. The molecule has 0 aromatic heterocycles. The fourth-order valence-corrected chi connectivity index (χ4v) is 2.85. The summed E-state index contributed by atoms with van der Waals surface area (Å²) in [6.07, 6.45) is 2.40. The molecule has 2 amide bonds. The second-order valence-electron chi connectivity index (χ2n) is 4.80. The summed E-state index contributed by atoms with van der Waals surface area (Å²) >= 11 is 7.00. The van der Waals surface area contributed by atoms with Crippen LogP contribution in [0.25, 0.3) is 6.08 Å². The lowest BCUT2D eigenvalue weighted by Crippen LogP contribution is -2.17. The summed E-state index contributed by atoms with van der Waals surface area (Å²) in [6.45, 7) is 2.46. The van der Waals surface area contributed by atoms with Crippen LogP contribution in [0.3, 0.4) is 0 Å². The van der Waals surface area contributed by atoms with Gasteiger partial charge in [-0.2, -0.15) is 0 Å². The van der Waals surface area contributed by atoms with Gasteiger partial charge < -0.3 is 9.47 Å². The van der Waals surface area contributed by atoms with E-state index in [1.165, 1.54) is 0 Å². The number of carbonyl (C=O) groups is 3. The molecule has 1 N–H and O–H groups in total. The number of imide groups is 1. The molecule has 1 fully saturated rings. The van der Waals surface area contributed by atoms with Gasteiger partial charge in [0.05, 0.1) is 23.1 Å². The maximum Gasteiger partial charge on any atom is 0.305 e. The van der Waals surface area contributed by atoms with E-state index in [0.29, 0.717) is 40.9 Å². The minimum absolute atomic E-state index is 0.254. The summed E-state index contributed by atoms with van der Waals surface area (Å²) in [5, 5.41) is 2.18. The van der Waals surface area contributed by atoms with Gasteiger partial charge in [-0.05, 0) is 48.9 Å². The zero-order valence-electron chi connectivity index (χ0n) is 13.0. The number of nitrogens with one attached hydrogen (secondary N) is 1. The molecule has 8 heteroatoms. The normalized spacial score (nSPS) is 15.5. The van der Waals surface area contributed by atoms with E-state index < -0.39 is 5.91 Å². The van der Waals surface area contributed by atoms with Crippen molar-refractivity contribution in [1.82, 2.24) is 5.32 Å². The smallest absolute Gasteiger partial charge is 0.305 e. The lowest BCUT2D eigenvalue weighted by atomic mass is 10.2. The SMILES string of the molecule is CCOC(=O)CCCOc1ccc(C=C2SC(=O)NC2=O)cc1Cl. The fourth-order valence-electron chi connectivity index (χ4n) is 1.93. The molecule has 0 aliphatic carbocycles. The number of rotatable bonds is 7. The van der Waals surface area contributed by atoms with Crippen LogP contribution >= 0.6 is 23.4 Å². The summed E-state index contributed by atoms with van der Waals surface area (Å²) in [5.41, 5.74) is 0.686. The van der Waals surface area contributed by atoms with Gasteiger partial charge >= 0.3 is 5.97 Å². The first-order valence-electron chi connectivity index (χ1n) is 7.32. The Kier molecular flexibility index (Phi) is 6.69. The summed E-state index contributed by atoms with van der Waals surface area (Å²) in [5.74, 6) is -0.182. The largest absolute Gasteiger partial charge is 0.492 e. The van der Waals surface area contributed by atoms with Gasteiger partial charge in [-0.25, -0.2) is 0 Å². The minimum Gasteiger partial charge on any atom is -0.492 e. The van der Waals surface area contributed by atoms with Crippen LogP contribution in [0.1, 0.15) is 25.3 Å². The maximum absolute atomic E-state index is 11.5. The van der Waals surface area contributed by atoms with Crippen molar-refractivity contribution in [3.05, 3.63) is 33.7 Å². The van der Waals surface area contributed by atoms with E-state index in [1.807, 2.05) is 0 Å². The molecular weight excluding hydrogens is 354 g/mol. The topological polar surface area (TPSA) is 81.7 Å². The van der Waals surface area contributed by atoms with Gasteiger partial charge in [-0.1, -0.05) is 17.7 Å². The molecule has 24 heavy (non-hydrogen) atoms. The van der Waals surface area contributed by atoms with Crippen LogP contribution < -0.4 is 10.1 Å². The Morgan fingerprint density at radius 1 is 1.38 bits per heavy atom. The number of halogens is 1. The van der Waals surface area contributed by atoms with Gasteiger partial charge in [0.25, 0.3) is 11.1 Å². The number of hydrogen-bond donors (Lipinski definition) is 1. The van der Waals surface area contributed by atoms with Gasteiger partial charge in [0.15, 0.2) is 0 Å². The molecule has 6 nitrogen and oxygen atoms in total. The predicted octanol–water partition coefficient (Wildman–Crippen LogP) is 3.39. The number of ether oxygens (including phenoxy) is 2. The van der Waals surface area contributed by atoms with Crippen LogP contribution in [-0.4, -0.2) is 30.3 Å². The molecule has 0 saturated carbocycles. The molecular formula is C16H16ClNO5S. The third-order valence-corrected chi connectivity index (χ3v) is 4.09. The lowest BCUT2D eigenvalue weighted by molar-refractivity contribution is -0.143. The number of hydrogen-bond acceptors (Lipinski definition) is 6. The molecule has 1 aliphatic heterocycles. The first kappa shape index (κ1) is 18.4. The molecule has 1 aromatic carbocycles. The van der Waals surface area contributed by atoms with Gasteiger partial charge in [-0.3, -0.25) is 19.7 Å². The number of amides is 2. The Balaban J connectivity index is 1.90. The van der Waals surface area contributed by atoms with E-state index in [0.717, 1.165) is 11.8 Å². The second kappa shape index (κ2) is 8.75. The number of benzene rings is 1. The summed E-state index contributed by atoms with van der Waals surface area (Å²) in [6, 6.07) is 5.06. The van der Waals surface area contributed by atoms with Gasteiger partial charge in [0.1, 0.15) is 5.75 Å². The molecule has 0 unspecified atom stereocenters. The lowest BCUT2D eigenvalue weighted by Gasteiger charge is -2.08. The molecule has 0 atom stereocenters. The Labute approximate surface area is 148 Å². The van der Waals surface area contributed by atoms with Crippen LogP contribution in [-0.2, 0) is 14.3 Å². The first-order valence-corrected chi connectivity index (χ1v) is 8.52. The molecule has 1 aliphatic rings. The number of esters is 1. The van der Waals surface area contributed by atoms with Crippen molar-refractivity contribution in [3.63, 3.8) is 0 Å². The van der Waals surface area contributed by atoms with Crippen molar-refractivity contribution in [1.29, 1.82) is 0 Å². The van der Waals surface area contributed by atoms with E-state index in [1.54, 1.807) is 31.2 Å². The van der Waals surface area contributed by atoms with E-state index in [4.69, 9.17) is 21.1 Å². The molecule has 0 bridgehead atoms. The second-order valence-corrected chi connectivity index (χ2v) is 6.22. The maximum atomic E-state index is 11.5. The van der Waals surface area contributed by atoms with Crippen LogP contribution in [0.2, 0.25) is 5.02 Å². The Morgan fingerprint density at radius 2 is 2.17 bits per heavy atom. The average molecular weight is 370 g/mol. The Morgan fingerprint density at radius 3 is 2.79 bits per heavy atom. The van der Waals surface area contributed by atoms with Crippen molar-refractivity contribution >= 4 is 46.6 Å². The van der Waals surface area contributed by atoms with Gasteiger partial charge in [0.2, 0.25) is 0 Å². The highest BCUT2D eigenvalue weighted by molar-refractivity contribution is 8.18. The van der Waals surface area contributed by atoms with Crippen molar-refractivity contribution in [3.8, 4) is 5.75 Å². The summed E-state index contributed by atoms with van der Waals surface area (Å²) < 4.78 is 10.4. The van der Waals surface area contributed by atoms with Crippen LogP contribution in [0.15, 0.2) is 23.1 Å². The van der Waals surface area contributed by atoms with Crippen molar-refractivity contribution in [2.24, 2.45) is 0 Å². The van der Waals surface area contributed by atoms with Crippen LogP contribution in [0, 0.1) is 0 Å². The Bertz CT molecular complexity index is 689. The summed E-state index contributed by atoms with van der Waals surface area (Å²) in [7, 11) is 0. The quantitative estimate of drug-likeness (QED) is 0.450. The van der Waals surface area contributed by atoms with Crippen LogP contribution in [0.4, 0.5) is 4.79 Å². The van der Waals surface area contributed by atoms with Crippen molar-refractivity contribution in [2.45, 2.75) is 19.8 Å². The third kappa shape index (κ3) is 5.28. The van der Waals surface area contributed by atoms with Crippen molar-refractivity contribution < 1.29 is 23.9 Å². The highest BCUT2D eigenvalue weighted by Gasteiger charge is 2.24. The molecule has 0 radical (unpaired) electrons. The fraction of sp³-hybridized carbons (Fsp3) is 0.312. The van der Waals surface area contributed by atoms with Crippen LogP contribution in [0.5, 0.6) is 5.75 Å². The van der Waals surface area contributed by atoms with Crippen molar-refractivity contribution in [2.75, 3.05) is 13.2 Å². The average Bonchev–Trinajstić information content (AvgIpc) is 2.83. The predicted molar refractivity (Wildman–Crippen MR) is 91.9 cm³/mol. The molecule has 2 rings (SSSR count). The van der Waals surface area contributed by atoms with E-state index in [2.05, 4.69) is 5.32 Å². The molecule has 1 saturated heterocycles. The Hall–Kier alpha value is -1.99. The monoisotopic (exact) mass is 369 g/mol. The van der Waals surface area contributed by atoms with Gasteiger partial charge in [-0.15, -0.1) is 0 Å². The molecule has 1 aromatic rings. The van der Waals surface area contributed by atoms with Gasteiger partial charge in [0, 0.05) is 6.42 Å². The zero-order chi connectivity index (χ0) is 17.5. The number of thioether (sulfide) groups is 1. The van der Waals surface area contributed by atoms with E-state index in [9.17, 15) is 14.4 Å². The number of carbonyl (C=O) groups excluding carboxylic acids is 3. The minimum atomic E-state index is -0.416. The molecule has 128 valence electrons. The first-order chi connectivity index (χ1) is 11.5. The van der Waals surface area contributed by atoms with E-state index >= 15 is 0 Å². The molecule has 0 spiro atoms.